The van der Waals surface area contributed by atoms with E-state index < -0.39 is 0 Å². The molecule has 0 aliphatic rings. The lowest BCUT2D eigenvalue weighted by Crippen LogP contribution is -1.75. The van der Waals surface area contributed by atoms with Crippen molar-refractivity contribution < 1.29 is 0 Å². The lowest BCUT2D eigenvalue weighted by atomic mass is 10.5. The quantitative estimate of drug-likeness (QED) is 0.654. The molecule has 2 aromatic heterocycles. The van der Waals surface area contributed by atoms with Crippen molar-refractivity contribution in [2.75, 3.05) is 0 Å². The minimum atomic E-state index is 0.123. The zero-order valence-corrected chi connectivity index (χ0v) is 11.5. The maximum absolute atomic E-state index is 5.55. The predicted molar refractivity (Wildman–Crippen MR) is 70.0 cm³/mol. The lowest BCUT2D eigenvalue weighted by molar-refractivity contribution is 1.26. The van der Waals surface area contributed by atoms with Gasteiger partial charge in [-0.1, -0.05) is 52.5 Å². The van der Waals surface area contributed by atoms with Gasteiger partial charge in [-0.2, -0.15) is 0 Å². The van der Waals surface area contributed by atoms with E-state index in [0.29, 0.717) is 0 Å². The van der Waals surface area contributed by atoms with Crippen LogP contribution in [0.4, 0.5) is 0 Å². The van der Waals surface area contributed by atoms with Gasteiger partial charge in [0.2, 0.25) is 0 Å². The van der Waals surface area contributed by atoms with Crippen LogP contribution in [0.1, 0.15) is 0 Å². The molecule has 0 amide bonds. The first-order valence-corrected chi connectivity index (χ1v) is 5.82. The van der Waals surface area contributed by atoms with E-state index in [0.717, 1.165) is 4.09 Å². The Morgan fingerprint density at radius 2 is 1.25 bits per heavy atom. The van der Waals surface area contributed by atoms with Gasteiger partial charge in [-0.05, 0) is 12.1 Å². The van der Waals surface area contributed by atoms with Crippen molar-refractivity contribution >= 4 is 58.2 Å². The largest absolute Gasteiger partial charge is 0.265 e. The molecule has 0 aromatic carbocycles. The van der Waals surface area contributed by atoms with E-state index in [1.165, 1.54) is 0 Å². The summed E-state index contributed by atoms with van der Waals surface area (Å²) >= 11 is 27.7. The Hall–Kier alpha value is -0.120. The predicted octanol–water partition coefficient (Wildman–Crippen LogP) is 5.19. The molecule has 2 rings (SSSR count). The van der Waals surface area contributed by atoms with Crippen LogP contribution < -0.4 is 0 Å². The van der Waals surface area contributed by atoms with Crippen LogP contribution in [0.15, 0.2) is 30.6 Å². The topological polar surface area (TPSA) is 17.8 Å². The molecule has 0 saturated heterocycles. The summed E-state index contributed by atoms with van der Waals surface area (Å²) in [6, 6.07) is 5.72. The molecule has 2 heterocycles. The van der Waals surface area contributed by atoms with Gasteiger partial charge in [-0.3, -0.25) is 4.98 Å². The van der Waals surface area contributed by atoms with Gasteiger partial charge < -0.3 is 0 Å². The highest BCUT2D eigenvalue weighted by Crippen LogP contribution is 2.39. The van der Waals surface area contributed by atoms with E-state index >= 15 is 0 Å². The highest BCUT2D eigenvalue weighted by atomic mass is 35.5. The molecule has 0 unspecified atom stereocenters. The molecule has 2 nitrogen and oxygen atoms in total. The fraction of sp³-hybridized carbons (Fsp3) is 0. The maximum atomic E-state index is 5.55. The molecule has 0 radical (unpaired) electrons. The van der Waals surface area contributed by atoms with Crippen LogP contribution in [-0.2, 0) is 0 Å². The second kappa shape index (κ2) is 6.58. The molecular formula is C9H5Cl5N2. The average molecular weight is 318 g/mol. The Labute approximate surface area is 118 Å². The van der Waals surface area contributed by atoms with E-state index in [4.69, 9.17) is 58.2 Å². The highest BCUT2D eigenvalue weighted by molar-refractivity contribution is 6.53. The maximum Gasteiger partial charge on any atom is 0.145 e. The highest BCUT2D eigenvalue weighted by Gasteiger charge is 2.15. The van der Waals surface area contributed by atoms with Gasteiger partial charge in [0.1, 0.15) is 10.3 Å². The Kier molecular flexibility index (Phi) is 5.73. The van der Waals surface area contributed by atoms with Crippen LogP contribution in [0.5, 0.6) is 0 Å². The third-order valence-corrected chi connectivity index (χ3v) is 3.72. The lowest BCUT2D eigenvalue weighted by Gasteiger charge is -1.88. The molecule has 0 atom stereocenters. The number of hydrogen-bond donors (Lipinski definition) is 0. The molecule has 86 valence electrons. The second-order valence-electron chi connectivity index (χ2n) is 2.51. The summed E-state index contributed by atoms with van der Waals surface area (Å²) in [6.45, 7) is 0. The van der Waals surface area contributed by atoms with Crippen LogP contribution in [0, 0.1) is 0 Å². The van der Waals surface area contributed by atoms with E-state index in [-0.39, 0.29) is 20.4 Å². The molecule has 0 bridgehead atoms. The Morgan fingerprint density at radius 3 is 1.38 bits per heavy atom. The number of rotatable bonds is 0. The molecule has 16 heavy (non-hydrogen) atoms. The van der Waals surface area contributed by atoms with E-state index in [1.54, 1.807) is 12.4 Å². The summed E-state index contributed by atoms with van der Waals surface area (Å²) in [7, 11) is 0. The van der Waals surface area contributed by atoms with Crippen molar-refractivity contribution in [3.8, 4) is 0 Å². The first-order chi connectivity index (χ1) is 7.55. The van der Waals surface area contributed by atoms with Gasteiger partial charge in [-0.15, -0.1) is 0 Å². The second-order valence-corrected chi connectivity index (χ2v) is 4.32. The van der Waals surface area contributed by atoms with Crippen LogP contribution in [0.3, 0.4) is 0 Å². The zero-order chi connectivity index (χ0) is 12.1. The van der Waals surface area contributed by atoms with E-state index in [9.17, 15) is 0 Å². The third kappa shape index (κ3) is 3.44. The molecule has 0 N–H and O–H groups in total. The van der Waals surface area contributed by atoms with Crippen LogP contribution in [-0.4, -0.2) is 9.07 Å². The molecule has 0 spiro atoms. The van der Waals surface area contributed by atoms with Crippen LogP contribution in [0.25, 0.3) is 0 Å². The van der Waals surface area contributed by atoms with Crippen molar-refractivity contribution in [2.45, 2.75) is 0 Å². The van der Waals surface area contributed by atoms with Crippen molar-refractivity contribution in [1.29, 1.82) is 0 Å². The average Bonchev–Trinajstić information content (AvgIpc) is 2.51. The SMILES string of the molecule is Clc1c(Cl)c(Cl)n(Cl)c1Cl.c1ccncc1. The number of nitrogens with zero attached hydrogens (tertiary/aromatic N) is 2. The summed E-state index contributed by atoms with van der Waals surface area (Å²) in [5, 5.41) is 0.586. The Balaban J connectivity index is 0.000000181. The summed E-state index contributed by atoms with van der Waals surface area (Å²) < 4.78 is 0.980. The van der Waals surface area contributed by atoms with Crippen LogP contribution >= 0.6 is 58.2 Å². The molecule has 2 aromatic rings. The summed E-state index contributed by atoms with van der Waals surface area (Å²) in [5.41, 5.74) is 0. The smallest absolute Gasteiger partial charge is 0.145 e. The minimum absolute atomic E-state index is 0.123. The summed E-state index contributed by atoms with van der Waals surface area (Å²) in [5.74, 6) is 0. The summed E-state index contributed by atoms with van der Waals surface area (Å²) in [4.78, 5) is 3.78. The van der Waals surface area contributed by atoms with Crippen LogP contribution in [0.2, 0.25) is 20.4 Å². The number of halogens is 5. The van der Waals surface area contributed by atoms with Gasteiger partial charge in [0, 0.05) is 24.2 Å². The van der Waals surface area contributed by atoms with Crippen molar-refractivity contribution in [1.82, 2.24) is 9.07 Å². The number of pyridine rings is 1. The number of hydrogen-bond acceptors (Lipinski definition) is 1. The normalized spacial score (nSPS) is 9.56. The molecule has 0 aliphatic heterocycles. The third-order valence-electron chi connectivity index (χ3n) is 1.47. The number of aromatic nitrogens is 2. The standard InChI is InChI=1S/C5H5N.C4Cl5N/c1-2-4-6-5-3-1;5-1-2(6)4(8)10(9)3(1)7/h1-5H;. The fourth-order valence-electron chi connectivity index (χ4n) is 0.752. The molecule has 0 fully saturated rings. The van der Waals surface area contributed by atoms with Gasteiger partial charge >= 0.3 is 0 Å². The molecule has 0 aliphatic carbocycles. The van der Waals surface area contributed by atoms with Crippen molar-refractivity contribution in [2.24, 2.45) is 0 Å². The molecular weight excluding hydrogens is 313 g/mol. The zero-order valence-electron chi connectivity index (χ0n) is 7.67. The minimum Gasteiger partial charge on any atom is -0.265 e. The monoisotopic (exact) mass is 316 g/mol. The molecule has 0 saturated carbocycles. The Morgan fingerprint density at radius 1 is 0.812 bits per heavy atom. The van der Waals surface area contributed by atoms with Gasteiger partial charge in [0.05, 0.1) is 10.0 Å². The van der Waals surface area contributed by atoms with E-state index in [2.05, 4.69) is 4.98 Å². The summed E-state index contributed by atoms with van der Waals surface area (Å²) in [6.07, 6.45) is 3.50. The first kappa shape index (κ1) is 13.9. The first-order valence-electron chi connectivity index (χ1n) is 3.97. The van der Waals surface area contributed by atoms with E-state index in [1.807, 2.05) is 18.2 Å². The van der Waals surface area contributed by atoms with Crippen molar-refractivity contribution in [3.63, 3.8) is 0 Å². The fourth-order valence-corrected chi connectivity index (χ4v) is 1.85. The molecule has 7 heteroatoms. The van der Waals surface area contributed by atoms with Crippen molar-refractivity contribution in [3.05, 3.63) is 50.9 Å². The Bertz CT molecular complexity index is 348. The van der Waals surface area contributed by atoms with Gasteiger partial charge in [0.25, 0.3) is 0 Å². The van der Waals surface area contributed by atoms with Gasteiger partial charge in [0.15, 0.2) is 0 Å². The van der Waals surface area contributed by atoms with Gasteiger partial charge in [-0.25, -0.2) is 4.09 Å².